The number of nitrogens with zero attached hydrogens (tertiary/aromatic N) is 2. The molecule has 0 amide bonds. The van der Waals surface area contributed by atoms with Crippen molar-refractivity contribution in [1.82, 2.24) is 9.97 Å². The van der Waals surface area contributed by atoms with E-state index in [-0.39, 0.29) is 6.10 Å². The van der Waals surface area contributed by atoms with Gasteiger partial charge in [-0.15, -0.1) is 0 Å². The number of rotatable bonds is 5. The van der Waals surface area contributed by atoms with Crippen molar-refractivity contribution in [2.24, 2.45) is 5.92 Å². The molecule has 0 spiro atoms. The van der Waals surface area contributed by atoms with E-state index < -0.39 is 0 Å². The number of hydrogen-bond acceptors (Lipinski definition) is 6. The minimum atomic E-state index is -0.130. The van der Waals surface area contributed by atoms with Gasteiger partial charge in [-0.25, -0.2) is 9.97 Å². The van der Waals surface area contributed by atoms with E-state index >= 15 is 0 Å². The van der Waals surface area contributed by atoms with E-state index in [0.29, 0.717) is 12.0 Å². The number of hydrogen-bond donors (Lipinski definition) is 3. The van der Waals surface area contributed by atoms with Crippen LogP contribution in [0.1, 0.15) is 38.5 Å². The van der Waals surface area contributed by atoms with Crippen LogP contribution in [0.2, 0.25) is 0 Å². The zero-order chi connectivity index (χ0) is 15.2. The second-order valence-corrected chi connectivity index (χ2v) is 6.41. The Labute approximate surface area is 131 Å². The first-order valence-electron chi connectivity index (χ1n) is 8.38. The van der Waals surface area contributed by atoms with Crippen LogP contribution >= 0.6 is 0 Å². The largest absolute Gasteiger partial charge is 0.393 e. The molecule has 0 unspecified atom stereocenters. The number of nitrogens with one attached hydrogen (secondary N) is 2. The lowest BCUT2D eigenvalue weighted by atomic mass is 9.87. The standard InChI is InChI=1S/C16H26N4O2/c21-14-5-1-3-12(7-14)9-17-15-8-16(19-11-18-15)20-13-4-2-6-22-10-13/h8,11-14,21H,1-7,9-10H2,(H2,17,18,19,20)/t12-,13+,14+/m0/s1. The van der Waals surface area contributed by atoms with Gasteiger partial charge in [0.25, 0.3) is 0 Å². The molecule has 6 heteroatoms. The molecule has 1 aromatic rings. The van der Waals surface area contributed by atoms with Crippen LogP contribution in [0.5, 0.6) is 0 Å². The lowest BCUT2D eigenvalue weighted by molar-refractivity contribution is 0.0875. The number of aliphatic hydroxyl groups excluding tert-OH is 1. The molecule has 3 N–H and O–H groups in total. The molecule has 0 aromatic carbocycles. The molecule has 1 saturated carbocycles. The van der Waals surface area contributed by atoms with E-state index in [2.05, 4.69) is 20.6 Å². The van der Waals surface area contributed by atoms with Crippen molar-refractivity contribution in [3.8, 4) is 0 Å². The Hall–Kier alpha value is -1.40. The molecular weight excluding hydrogens is 280 g/mol. The van der Waals surface area contributed by atoms with E-state index in [4.69, 9.17) is 4.74 Å². The maximum Gasteiger partial charge on any atom is 0.131 e. The predicted molar refractivity (Wildman–Crippen MR) is 86.0 cm³/mol. The Morgan fingerprint density at radius 2 is 2.09 bits per heavy atom. The van der Waals surface area contributed by atoms with Crippen LogP contribution in [0.4, 0.5) is 11.6 Å². The second kappa shape index (κ2) is 7.74. The molecule has 1 aliphatic heterocycles. The van der Waals surface area contributed by atoms with Gasteiger partial charge in [0.1, 0.15) is 18.0 Å². The van der Waals surface area contributed by atoms with Crippen molar-refractivity contribution in [2.45, 2.75) is 50.7 Å². The number of ether oxygens (including phenoxy) is 1. The fourth-order valence-electron chi connectivity index (χ4n) is 3.29. The highest BCUT2D eigenvalue weighted by Crippen LogP contribution is 2.24. The van der Waals surface area contributed by atoms with Gasteiger partial charge >= 0.3 is 0 Å². The molecule has 6 nitrogen and oxygen atoms in total. The molecule has 122 valence electrons. The molecule has 22 heavy (non-hydrogen) atoms. The summed E-state index contributed by atoms with van der Waals surface area (Å²) in [7, 11) is 0. The molecule has 2 fully saturated rings. The lowest BCUT2D eigenvalue weighted by Crippen LogP contribution is -2.30. The molecule has 0 radical (unpaired) electrons. The zero-order valence-corrected chi connectivity index (χ0v) is 13.0. The van der Waals surface area contributed by atoms with Crippen LogP contribution in [-0.4, -0.2) is 47.0 Å². The fraction of sp³-hybridized carbons (Fsp3) is 0.750. The predicted octanol–water partition coefficient (Wildman–Crippen LogP) is 2.03. The molecule has 3 rings (SSSR count). The third-order valence-corrected chi connectivity index (χ3v) is 4.51. The third-order valence-electron chi connectivity index (χ3n) is 4.51. The summed E-state index contributed by atoms with van der Waals surface area (Å²) in [5.41, 5.74) is 0. The van der Waals surface area contributed by atoms with Crippen molar-refractivity contribution >= 4 is 11.6 Å². The first-order chi connectivity index (χ1) is 10.8. The van der Waals surface area contributed by atoms with Crippen LogP contribution < -0.4 is 10.6 Å². The van der Waals surface area contributed by atoms with Crippen LogP contribution in [0, 0.1) is 5.92 Å². The summed E-state index contributed by atoms with van der Waals surface area (Å²) in [6.45, 7) is 2.47. The first-order valence-corrected chi connectivity index (χ1v) is 8.38. The zero-order valence-electron chi connectivity index (χ0n) is 13.0. The van der Waals surface area contributed by atoms with Gasteiger partial charge in [0.2, 0.25) is 0 Å². The Kier molecular flexibility index (Phi) is 5.45. The van der Waals surface area contributed by atoms with Crippen molar-refractivity contribution in [3.05, 3.63) is 12.4 Å². The molecule has 2 aliphatic rings. The van der Waals surface area contributed by atoms with Crippen LogP contribution in [0.15, 0.2) is 12.4 Å². The maximum absolute atomic E-state index is 9.73. The van der Waals surface area contributed by atoms with Gasteiger partial charge in [0.15, 0.2) is 0 Å². The maximum atomic E-state index is 9.73. The van der Waals surface area contributed by atoms with E-state index in [1.807, 2.05) is 6.07 Å². The molecular formula is C16H26N4O2. The van der Waals surface area contributed by atoms with E-state index in [1.165, 1.54) is 6.42 Å². The van der Waals surface area contributed by atoms with Crippen molar-refractivity contribution < 1.29 is 9.84 Å². The topological polar surface area (TPSA) is 79.3 Å². The summed E-state index contributed by atoms with van der Waals surface area (Å²) in [5.74, 6) is 2.22. The molecule has 0 bridgehead atoms. The second-order valence-electron chi connectivity index (χ2n) is 6.41. The van der Waals surface area contributed by atoms with Crippen LogP contribution in [0.3, 0.4) is 0 Å². The van der Waals surface area contributed by atoms with Gasteiger partial charge in [-0.05, 0) is 38.0 Å². The molecule has 2 heterocycles. The highest BCUT2D eigenvalue weighted by molar-refractivity contribution is 5.47. The lowest BCUT2D eigenvalue weighted by Gasteiger charge is -2.26. The van der Waals surface area contributed by atoms with E-state index in [1.54, 1.807) is 6.33 Å². The summed E-state index contributed by atoms with van der Waals surface area (Å²) in [6, 6.07) is 2.29. The Morgan fingerprint density at radius 1 is 1.18 bits per heavy atom. The summed E-state index contributed by atoms with van der Waals surface area (Å²) < 4.78 is 5.48. The van der Waals surface area contributed by atoms with E-state index in [0.717, 1.165) is 63.5 Å². The van der Waals surface area contributed by atoms with Crippen molar-refractivity contribution in [3.63, 3.8) is 0 Å². The van der Waals surface area contributed by atoms with Gasteiger partial charge in [-0.1, -0.05) is 6.42 Å². The summed E-state index contributed by atoms with van der Waals surface area (Å²) in [6.07, 6.45) is 7.80. The number of aromatic nitrogens is 2. The van der Waals surface area contributed by atoms with Crippen molar-refractivity contribution in [1.29, 1.82) is 0 Å². The smallest absolute Gasteiger partial charge is 0.131 e. The minimum absolute atomic E-state index is 0.130. The summed E-state index contributed by atoms with van der Waals surface area (Å²) in [5, 5.41) is 16.5. The number of anilines is 2. The van der Waals surface area contributed by atoms with Crippen molar-refractivity contribution in [2.75, 3.05) is 30.4 Å². The quantitative estimate of drug-likeness (QED) is 0.772. The van der Waals surface area contributed by atoms with Gasteiger partial charge in [-0.2, -0.15) is 0 Å². The Morgan fingerprint density at radius 3 is 2.91 bits per heavy atom. The molecule has 1 aromatic heterocycles. The van der Waals surface area contributed by atoms with Gasteiger partial charge in [-0.3, -0.25) is 0 Å². The van der Waals surface area contributed by atoms with Gasteiger partial charge in [0.05, 0.1) is 18.8 Å². The average molecular weight is 306 g/mol. The van der Waals surface area contributed by atoms with Gasteiger partial charge in [0, 0.05) is 19.2 Å². The van der Waals surface area contributed by atoms with E-state index in [9.17, 15) is 5.11 Å². The monoisotopic (exact) mass is 306 g/mol. The van der Waals surface area contributed by atoms with Crippen LogP contribution in [-0.2, 0) is 4.74 Å². The highest BCUT2D eigenvalue weighted by atomic mass is 16.5. The average Bonchev–Trinajstić information content (AvgIpc) is 2.54. The number of aliphatic hydroxyl groups is 1. The summed E-state index contributed by atoms with van der Waals surface area (Å²) in [4.78, 5) is 8.56. The highest BCUT2D eigenvalue weighted by Gasteiger charge is 2.20. The SMILES string of the molecule is O[C@@H]1CCC[C@H](CNc2cc(N[C@@H]3CCCOC3)ncn2)C1. The summed E-state index contributed by atoms with van der Waals surface area (Å²) >= 11 is 0. The minimum Gasteiger partial charge on any atom is -0.393 e. The molecule has 1 saturated heterocycles. The van der Waals surface area contributed by atoms with Gasteiger partial charge < -0.3 is 20.5 Å². The molecule has 3 atom stereocenters. The Balaban J connectivity index is 1.50. The molecule has 1 aliphatic carbocycles. The fourth-order valence-corrected chi connectivity index (χ4v) is 3.29. The third kappa shape index (κ3) is 4.55. The van der Waals surface area contributed by atoms with Crippen LogP contribution in [0.25, 0.3) is 0 Å². The normalized spacial score (nSPS) is 29.0. The Bertz CT molecular complexity index is 465. The first kappa shape index (κ1) is 15.5.